The normalized spacial score (nSPS) is 24.9. The van der Waals surface area contributed by atoms with Crippen molar-refractivity contribution in [2.75, 3.05) is 12.3 Å². The Hall–Kier alpha value is -2.02. The van der Waals surface area contributed by atoms with E-state index in [0.29, 0.717) is 19.4 Å². The first kappa shape index (κ1) is 19.3. The Balaban J connectivity index is 1.52. The topological polar surface area (TPSA) is 65.1 Å². The Kier molecular flexibility index (Phi) is 5.36. The van der Waals surface area contributed by atoms with Gasteiger partial charge in [-0.1, -0.05) is 25.1 Å². The van der Waals surface area contributed by atoms with Gasteiger partial charge in [0.1, 0.15) is 5.82 Å². The molecule has 4 atom stereocenters. The number of rotatable bonds is 5. The highest BCUT2D eigenvalue weighted by atomic mass is 32.2. The fourth-order valence-corrected chi connectivity index (χ4v) is 5.54. The number of hydrogen-bond donors (Lipinski definition) is 3. The molecule has 1 aliphatic rings. The van der Waals surface area contributed by atoms with Crippen molar-refractivity contribution in [1.29, 1.82) is 0 Å². The summed E-state index contributed by atoms with van der Waals surface area (Å²) < 4.78 is 26.4. The Morgan fingerprint density at radius 1 is 1.29 bits per heavy atom. The molecule has 2 aromatic carbocycles. The third kappa shape index (κ3) is 3.90. The Morgan fingerprint density at radius 3 is 2.86 bits per heavy atom. The summed E-state index contributed by atoms with van der Waals surface area (Å²) in [5.41, 5.74) is 0.947. The number of fused-ring (bicyclic) bond motifs is 1. The second-order valence-corrected chi connectivity index (χ2v) is 9.22. The summed E-state index contributed by atoms with van der Waals surface area (Å²) in [6.07, 6.45) is 3.00. The zero-order chi connectivity index (χ0) is 19.7. The van der Waals surface area contributed by atoms with Gasteiger partial charge in [-0.15, -0.1) is 0 Å². The number of H-pyrrole nitrogens is 1. The fraction of sp³-hybridized carbons (Fsp3) is 0.364. The van der Waals surface area contributed by atoms with Gasteiger partial charge in [0.05, 0.1) is 22.2 Å². The molecule has 28 heavy (non-hydrogen) atoms. The molecule has 0 radical (unpaired) electrons. The molecule has 1 aliphatic heterocycles. The van der Waals surface area contributed by atoms with Gasteiger partial charge in [-0.3, -0.25) is 4.21 Å². The van der Waals surface area contributed by atoms with Gasteiger partial charge in [0.25, 0.3) is 0 Å². The summed E-state index contributed by atoms with van der Waals surface area (Å²) in [4.78, 5) is 3.95. The lowest BCUT2D eigenvalue weighted by atomic mass is 9.81. The first-order valence-corrected chi connectivity index (χ1v) is 10.9. The minimum Gasteiger partial charge on any atom is -0.389 e. The van der Waals surface area contributed by atoms with Crippen LogP contribution in [0.5, 0.6) is 0 Å². The van der Waals surface area contributed by atoms with E-state index < -0.39 is 16.4 Å². The third-order valence-electron chi connectivity index (χ3n) is 5.77. The average Bonchev–Trinajstić information content (AvgIpc) is 3.10. The molecule has 4 rings (SSSR count). The maximum atomic E-state index is 13.7. The highest BCUT2D eigenvalue weighted by Gasteiger charge is 2.38. The molecule has 6 heteroatoms. The second-order valence-electron chi connectivity index (χ2n) is 7.76. The van der Waals surface area contributed by atoms with E-state index >= 15 is 0 Å². The average molecular weight is 401 g/mol. The van der Waals surface area contributed by atoms with Gasteiger partial charge < -0.3 is 15.4 Å². The molecular weight excluding hydrogens is 375 g/mol. The molecule has 3 aromatic rings. The summed E-state index contributed by atoms with van der Waals surface area (Å²) in [5.74, 6) is 0.0456. The molecule has 4 unspecified atom stereocenters. The minimum absolute atomic E-state index is 0.0220. The highest BCUT2D eigenvalue weighted by Crippen LogP contribution is 2.34. The van der Waals surface area contributed by atoms with E-state index in [1.165, 1.54) is 6.07 Å². The predicted molar refractivity (Wildman–Crippen MR) is 110 cm³/mol. The molecule has 1 saturated heterocycles. The van der Waals surface area contributed by atoms with Crippen molar-refractivity contribution in [2.24, 2.45) is 0 Å². The quantitative estimate of drug-likeness (QED) is 0.612. The van der Waals surface area contributed by atoms with Gasteiger partial charge in [-0.05, 0) is 61.2 Å². The molecule has 4 nitrogen and oxygen atoms in total. The SMILES string of the molecule is CC(c1c[nH]c2ccc(F)cc12)C1CC(O)(CS(=O)c2ccccc2)CCN1. The molecule has 1 aromatic heterocycles. The van der Waals surface area contributed by atoms with Crippen LogP contribution in [0.25, 0.3) is 10.9 Å². The van der Waals surface area contributed by atoms with Crippen LogP contribution in [-0.4, -0.2) is 38.2 Å². The highest BCUT2D eigenvalue weighted by molar-refractivity contribution is 7.85. The van der Waals surface area contributed by atoms with E-state index in [1.807, 2.05) is 36.5 Å². The van der Waals surface area contributed by atoms with Crippen LogP contribution in [0.4, 0.5) is 4.39 Å². The van der Waals surface area contributed by atoms with Crippen LogP contribution in [0.1, 0.15) is 31.2 Å². The summed E-state index contributed by atoms with van der Waals surface area (Å²) >= 11 is 0. The zero-order valence-corrected chi connectivity index (χ0v) is 16.6. The lowest BCUT2D eigenvalue weighted by molar-refractivity contribution is 0.0140. The van der Waals surface area contributed by atoms with Crippen LogP contribution >= 0.6 is 0 Å². The summed E-state index contributed by atoms with van der Waals surface area (Å²) in [6.45, 7) is 2.75. The Labute approximate surface area is 166 Å². The van der Waals surface area contributed by atoms with Crippen molar-refractivity contribution in [3.05, 3.63) is 66.1 Å². The van der Waals surface area contributed by atoms with Gasteiger partial charge in [-0.2, -0.15) is 0 Å². The molecule has 0 amide bonds. The molecule has 0 aliphatic carbocycles. The molecule has 1 fully saturated rings. The van der Waals surface area contributed by atoms with Crippen LogP contribution in [0.3, 0.4) is 0 Å². The van der Waals surface area contributed by atoms with Crippen LogP contribution in [0.15, 0.2) is 59.6 Å². The lowest BCUT2D eigenvalue weighted by Crippen LogP contribution is -2.52. The number of benzene rings is 2. The summed E-state index contributed by atoms with van der Waals surface area (Å²) in [6, 6.07) is 14.1. The minimum atomic E-state index is -1.24. The maximum Gasteiger partial charge on any atom is 0.123 e. The van der Waals surface area contributed by atoms with Gasteiger partial charge >= 0.3 is 0 Å². The monoisotopic (exact) mass is 400 g/mol. The van der Waals surface area contributed by atoms with E-state index in [9.17, 15) is 13.7 Å². The van der Waals surface area contributed by atoms with Crippen molar-refractivity contribution in [3.8, 4) is 0 Å². The smallest absolute Gasteiger partial charge is 0.123 e. The Bertz CT molecular complexity index is 991. The number of halogens is 1. The van der Waals surface area contributed by atoms with Gasteiger partial charge in [0, 0.05) is 28.0 Å². The van der Waals surface area contributed by atoms with Crippen molar-refractivity contribution in [3.63, 3.8) is 0 Å². The van der Waals surface area contributed by atoms with Crippen LogP contribution in [-0.2, 0) is 10.8 Å². The number of nitrogens with one attached hydrogen (secondary N) is 2. The van der Waals surface area contributed by atoms with Crippen molar-refractivity contribution in [2.45, 2.75) is 42.2 Å². The van der Waals surface area contributed by atoms with Gasteiger partial charge in [-0.25, -0.2) is 4.39 Å². The second kappa shape index (κ2) is 7.78. The standard InChI is InChI=1S/C22H25FN2O2S/c1-15(19-13-25-20-8-7-16(23)11-18(19)20)21-12-22(26,9-10-24-21)14-28(27)17-5-3-2-4-6-17/h2-8,11,13,15,21,24-26H,9-10,12,14H2,1H3. The lowest BCUT2D eigenvalue weighted by Gasteiger charge is -2.39. The molecule has 148 valence electrons. The number of aromatic amines is 1. The van der Waals surface area contributed by atoms with E-state index in [1.54, 1.807) is 12.1 Å². The van der Waals surface area contributed by atoms with E-state index in [2.05, 4.69) is 17.2 Å². The van der Waals surface area contributed by atoms with Crippen LogP contribution in [0, 0.1) is 5.82 Å². The maximum absolute atomic E-state index is 13.7. The first-order chi connectivity index (χ1) is 13.5. The van der Waals surface area contributed by atoms with E-state index in [-0.39, 0.29) is 23.5 Å². The van der Waals surface area contributed by atoms with Gasteiger partial charge in [0.2, 0.25) is 0 Å². The zero-order valence-electron chi connectivity index (χ0n) is 15.8. The molecule has 2 heterocycles. The predicted octanol–water partition coefficient (Wildman–Crippen LogP) is 3.70. The van der Waals surface area contributed by atoms with Crippen LogP contribution in [0.2, 0.25) is 0 Å². The van der Waals surface area contributed by atoms with Crippen molar-refractivity contribution in [1.82, 2.24) is 10.3 Å². The number of aliphatic hydroxyl groups is 1. The third-order valence-corrected chi connectivity index (χ3v) is 7.37. The van der Waals surface area contributed by atoms with E-state index in [0.717, 1.165) is 21.4 Å². The van der Waals surface area contributed by atoms with E-state index in [4.69, 9.17) is 0 Å². The van der Waals surface area contributed by atoms with Crippen molar-refractivity contribution < 1.29 is 13.7 Å². The van der Waals surface area contributed by atoms with Crippen molar-refractivity contribution >= 4 is 21.7 Å². The molecule has 3 N–H and O–H groups in total. The summed E-state index contributed by atoms with van der Waals surface area (Å²) in [7, 11) is -1.24. The molecule has 0 bridgehead atoms. The molecule has 0 saturated carbocycles. The number of hydrogen-bond acceptors (Lipinski definition) is 3. The molecular formula is C22H25FN2O2S. The summed E-state index contributed by atoms with van der Waals surface area (Å²) in [5, 5.41) is 15.5. The number of aromatic nitrogens is 1. The number of piperidine rings is 1. The molecule has 0 spiro atoms. The Morgan fingerprint density at radius 2 is 2.07 bits per heavy atom. The van der Waals surface area contributed by atoms with Crippen LogP contribution < -0.4 is 5.32 Å². The first-order valence-electron chi connectivity index (χ1n) is 9.61. The van der Waals surface area contributed by atoms with Gasteiger partial charge in [0.15, 0.2) is 0 Å². The largest absolute Gasteiger partial charge is 0.389 e. The fourth-order valence-electron chi connectivity index (χ4n) is 4.17.